The van der Waals surface area contributed by atoms with Crippen molar-refractivity contribution in [2.75, 3.05) is 0 Å². The lowest BCUT2D eigenvalue weighted by atomic mass is 9.84. The van der Waals surface area contributed by atoms with Gasteiger partial charge in [-0.25, -0.2) is 4.98 Å². The molecule has 0 radical (unpaired) electrons. The summed E-state index contributed by atoms with van der Waals surface area (Å²) < 4.78 is 0. The van der Waals surface area contributed by atoms with E-state index in [1.165, 1.54) is 51.4 Å². The molecule has 0 spiro atoms. The van der Waals surface area contributed by atoms with Gasteiger partial charge in [0, 0.05) is 12.1 Å². The van der Waals surface area contributed by atoms with Gasteiger partial charge < -0.3 is 10.6 Å². The molecule has 4 aliphatic rings. The highest BCUT2D eigenvalue weighted by atomic mass is 16.2. The highest BCUT2D eigenvalue weighted by molar-refractivity contribution is 5.96. The van der Waals surface area contributed by atoms with E-state index in [4.69, 9.17) is 0 Å². The minimum Gasteiger partial charge on any atom is -0.348 e. The standard InChI is InChI=1S/C25H35N3O2/c1-14(20-12-16-6-8-18(20)10-16)26-24(29)22-4-3-5-23(28-22)25(30)27-15(2)21-13-17-7-9-19(21)11-17/h3-5,14-21H,6-13H2,1-2H3,(H,26,29)(H,27,30). The summed E-state index contributed by atoms with van der Waals surface area (Å²) in [7, 11) is 0. The number of hydrogen-bond donors (Lipinski definition) is 2. The third-order valence-electron chi connectivity index (χ3n) is 8.80. The summed E-state index contributed by atoms with van der Waals surface area (Å²) in [5.41, 5.74) is 0.676. The summed E-state index contributed by atoms with van der Waals surface area (Å²) in [4.78, 5) is 30.0. The van der Waals surface area contributed by atoms with Crippen molar-refractivity contribution in [2.45, 2.75) is 77.3 Å². The maximum atomic E-state index is 12.8. The Morgan fingerprint density at radius 2 is 1.27 bits per heavy atom. The second-order valence-electron chi connectivity index (χ2n) is 10.6. The van der Waals surface area contributed by atoms with Crippen molar-refractivity contribution in [3.05, 3.63) is 29.6 Å². The lowest BCUT2D eigenvalue weighted by Gasteiger charge is -2.28. The smallest absolute Gasteiger partial charge is 0.270 e. The van der Waals surface area contributed by atoms with Crippen LogP contribution in [0.15, 0.2) is 18.2 Å². The van der Waals surface area contributed by atoms with Crippen molar-refractivity contribution in [1.29, 1.82) is 0 Å². The molecular formula is C25H35N3O2. The van der Waals surface area contributed by atoms with Gasteiger partial charge in [0.25, 0.3) is 11.8 Å². The van der Waals surface area contributed by atoms with Crippen molar-refractivity contribution < 1.29 is 9.59 Å². The van der Waals surface area contributed by atoms with Crippen molar-refractivity contribution in [3.63, 3.8) is 0 Å². The predicted molar refractivity (Wildman–Crippen MR) is 116 cm³/mol. The van der Waals surface area contributed by atoms with Gasteiger partial charge in [-0.15, -0.1) is 0 Å². The summed E-state index contributed by atoms with van der Waals surface area (Å²) in [6.07, 6.45) is 10.5. The average Bonchev–Trinajstić information content (AvgIpc) is 3.55. The van der Waals surface area contributed by atoms with Gasteiger partial charge in [-0.1, -0.05) is 18.9 Å². The first kappa shape index (κ1) is 20.0. The molecule has 30 heavy (non-hydrogen) atoms. The number of carbonyl (C=O) groups excluding carboxylic acids is 2. The van der Waals surface area contributed by atoms with Gasteiger partial charge in [0.1, 0.15) is 11.4 Å². The first-order valence-corrected chi connectivity index (χ1v) is 12.1. The molecule has 5 nitrogen and oxygen atoms in total. The molecule has 2 N–H and O–H groups in total. The van der Waals surface area contributed by atoms with Crippen LogP contribution in [0.5, 0.6) is 0 Å². The van der Waals surface area contributed by atoms with E-state index in [9.17, 15) is 9.59 Å². The molecule has 4 fully saturated rings. The maximum Gasteiger partial charge on any atom is 0.270 e. The van der Waals surface area contributed by atoms with Gasteiger partial charge in [-0.05, 0) is 100 Å². The van der Waals surface area contributed by atoms with Crippen LogP contribution in [0.1, 0.15) is 86.2 Å². The average molecular weight is 410 g/mol. The molecule has 0 aromatic carbocycles. The number of nitrogens with zero attached hydrogens (tertiary/aromatic N) is 1. The Morgan fingerprint density at radius 1 is 0.800 bits per heavy atom. The number of amides is 2. The molecule has 162 valence electrons. The zero-order valence-electron chi connectivity index (χ0n) is 18.3. The molecule has 5 heteroatoms. The molecule has 1 aromatic heterocycles. The van der Waals surface area contributed by atoms with Gasteiger partial charge >= 0.3 is 0 Å². The normalized spacial score (nSPS) is 35.9. The topological polar surface area (TPSA) is 71.1 Å². The van der Waals surface area contributed by atoms with E-state index in [0.717, 1.165) is 23.7 Å². The van der Waals surface area contributed by atoms with E-state index in [0.29, 0.717) is 23.2 Å². The highest BCUT2D eigenvalue weighted by Gasteiger charge is 2.43. The van der Waals surface area contributed by atoms with E-state index in [-0.39, 0.29) is 23.9 Å². The molecule has 0 saturated heterocycles. The Hall–Kier alpha value is -1.91. The minimum absolute atomic E-state index is 0.157. The molecule has 8 atom stereocenters. The summed E-state index contributed by atoms with van der Waals surface area (Å²) in [5.74, 6) is 4.10. The van der Waals surface area contributed by atoms with Gasteiger partial charge in [0.15, 0.2) is 0 Å². The molecule has 4 aliphatic carbocycles. The van der Waals surface area contributed by atoms with Crippen LogP contribution >= 0.6 is 0 Å². The zero-order chi connectivity index (χ0) is 20.8. The Kier molecular flexibility index (Phi) is 5.32. The van der Waals surface area contributed by atoms with Crippen LogP contribution < -0.4 is 10.6 Å². The Morgan fingerprint density at radius 3 is 1.63 bits per heavy atom. The summed E-state index contributed by atoms with van der Waals surface area (Å²) >= 11 is 0. The molecule has 4 saturated carbocycles. The monoisotopic (exact) mass is 409 g/mol. The van der Waals surface area contributed by atoms with Crippen LogP contribution in [0.25, 0.3) is 0 Å². The number of aromatic nitrogens is 1. The molecule has 1 heterocycles. The third kappa shape index (κ3) is 3.76. The number of pyridine rings is 1. The number of fused-ring (bicyclic) bond motifs is 4. The quantitative estimate of drug-likeness (QED) is 0.740. The highest BCUT2D eigenvalue weighted by Crippen LogP contribution is 2.50. The zero-order valence-corrected chi connectivity index (χ0v) is 18.3. The van der Waals surface area contributed by atoms with E-state index in [1.807, 2.05) is 0 Å². The fraction of sp³-hybridized carbons (Fsp3) is 0.720. The first-order valence-electron chi connectivity index (χ1n) is 12.1. The van der Waals surface area contributed by atoms with Crippen LogP contribution in [0, 0.1) is 35.5 Å². The van der Waals surface area contributed by atoms with Gasteiger partial charge in [-0.3, -0.25) is 9.59 Å². The number of carbonyl (C=O) groups is 2. The van der Waals surface area contributed by atoms with E-state index in [2.05, 4.69) is 29.5 Å². The van der Waals surface area contributed by atoms with E-state index >= 15 is 0 Å². The molecule has 5 rings (SSSR count). The van der Waals surface area contributed by atoms with Gasteiger partial charge in [0.05, 0.1) is 0 Å². The molecule has 4 bridgehead atoms. The Labute approximate surface area is 179 Å². The van der Waals surface area contributed by atoms with Crippen LogP contribution in [0.3, 0.4) is 0 Å². The second-order valence-corrected chi connectivity index (χ2v) is 10.6. The van der Waals surface area contributed by atoms with Gasteiger partial charge in [0.2, 0.25) is 0 Å². The van der Waals surface area contributed by atoms with Crippen molar-refractivity contribution in [2.24, 2.45) is 35.5 Å². The summed E-state index contributed by atoms with van der Waals surface area (Å²) in [6, 6.07) is 5.49. The molecule has 1 aromatic rings. The number of hydrogen-bond acceptors (Lipinski definition) is 3. The molecule has 0 aliphatic heterocycles. The third-order valence-corrected chi connectivity index (χ3v) is 8.80. The fourth-order valence-corrected chi connectivity index (χ4v) is 7.28. The van der Waals surface area contributed by atoms with Crippen LogP contribution in [-0.2, 0) is 0 Å². The summed E-state index contributed by atoms with van der Waals surface area (Å²) in [5, 5.41) is 6.32. The van der Waals surface area contributed by atoms with Crippen LogP contribution in [-0.4, -0.2) is 28.9 Å². The predicted octanol–water partition coefficient (Wildman–Crippen LogP) is 4.19. The summed E-state index contributed by atoms with van der Waals surface area (Å²) in [6.45, 7) is 4.24. The Bertz CT molecular complexity index is 761. The lowest BCUT2D eigenvalue weighted by molar-refractivity contribution is 0.0906. The van der Waals surface area contributed by atoms with Crippen molar-refractivity contribution >= 4 is 11.8 Å². The Balaban J connectivity index is 1.19. The SMILES string of the molecule is CC(NC(=O)c1cccc(C(=O)NC(C)C2CC3CCC2C3)n1)C1CC2CCC1C2. The molecule has 2 amide bonds. The number of rotatable bonds is 6. The molecular weight excluding hydrogens is 374 g/mol. The second kappa shape index (κ2) is 7.97. The maximum absolute atomic E-state index is 12.8. The van der Waals surface area contributed by atoms with Crippen LogP contribution in [0.2, 0.25) is 0 Å². The number of nitrogens with one attached hydrogen (secondary N) is 2. The fourth-order valence-electron chi connectivity index (χ4n) is 7.28. The van der Waals surface area contributed by atoms with Gasteiger partial charge in [-0.2, -0.15) is 0 Å². The lowest BCUT2D eigenvalue weighted by Crippen LogP contribution is -2.41. The molecule has 8 unspecified atom stereocenters. The van der Waals surface area contributed by atoms with Crippen molar-refractivity contribution in [3.8, 4) is 0 Å². The van der Waals surface area contributed by atoms with E-state index < -0.39 is 0 Å². The first-order chi connectivity index (χ1) is 14.5. The largest absolute Gasteiger partial charge is 0.348 e. The van der Waals surface area contributed by atoms with Crippen LogP contribution in [0.4, 0.5) is 0 Å². The van der Waals surface area contributed by atoms with E-state index in [1.54, 1.807) is 18.2 Å². The minimum atomic E-state index is -0.166. The van der Waals surface area contributed by atoms with Crippen molar-refractivity contribution in [1.82, 2.24) is 15.6 Å².